The zero-order valence-corrected chi connectivity index (χ0v) is 5.36. The minimum absolute atomic E-state index is 0.782. The lowest BCUT2D eigenvalue weighted by atomic mass is 10.4. The van der Waals surface area contributed by atoms with E-state index < -0.39 is 38.1 Å². The number of nitrogens with zero attached hydrogens (tertiary/aromatic N) is 1. The van der Waals surface area contributed by atoms with Crippen molar-refractivity contribution in [2.45, 2.75) is 6.85 Å². The number of nitrogens with one attached hydrogen (secondary N) is 3. The highest BCUT2D eigenvalue weighted by Crippen LogP contribution is 1.79. The van der Waals surface area contributed by atoms with Crippen LogP contribution in [0.5, 0.6) is 0 Å². The molecule has 0 saturated heterocycles. The number of hydrogen-bond acceptors (Lipinski definition) is 4. The van der Waals surface area contributed by atoms with E-state index in [1.165, 1.54) is 0 Å². The third kappa shape index (κ3) is 2.99. The summed E-state index contributed by atoms with van der Waals surface area (Å²) in [5.41, 5.74) is 3.52. The lowest BCUT2D eigenvalue weighted by Gasteiger charge is -2.14. The quantitative estimate of drug-likeness (QED) is 0.388. The maximum atomic E-state index is 11.1. The molecule has 0 aliphatic carbocycles. The molecule has 62 valence electrons. The van der Waals surface area contributed by atoms with E-state index in [9.17, 15) is 4.79 Å². The number of hydrogen-bond donors (Lipinski definition) is 3. The standard InChI is InChI=1S/C6H12N4O/c1-5(11)9-10-6-4-7-2-3-8-6/h7H,2-4H2,1H3,(H,8,10)(H,9,11)/i1D3,2D2,3D2,4D2. The van der Waals surface area contributed by atoms with Gasteiger partial charge in [-0.3, -0.25) is 20.6 Å². The highest BCUT2D eigenvalue weighted by molar-refractivity contribution is 5.86. The first kappa shape index (κ1) is 2.20. The molecular weight excluding hydrogens is 144 g/mol. The minimum atomic E-state index is -2.98. The van der Waals surface area contributed by atoms with Crippen molar-refractivity contribution in [3.8, 4) is 0 Å². The molecule has 0 atom stereocenters. The Balaban J connectivity index is 2.94. The van der Waals surface area contributed by atoms with Crippen LogP contribution in [-0.2, 0) is 4.79 Å². The van der Waals surface area contributed by atoms with Crippen molar-refractivity contribution in [2.75, 3.05) is 19.5 Å². The number of carbonyl (C=O) groups excluding carboxylic acids is 1. The predicted molar refractivity (Wildman–Crippen MR) is 42.1 cm³/mol. The first-order chi connectivity index (χ1) is 8.69. The summed E-state index contributed by atoms with van der Waals surface area (Å²) in [5, 5.41) is 1.74. The van der Waals surface area contributed by atoms with Crippen LogP contribution in [0.4, 0.5) is 0 Å². The summed E-state index contributed by atoms with van der Waals surface area (Å²) in [4.78, 5) is 14.3. The average Bonchev–Trinajstić information content (AvgIpc) is 2.18. The Kier molecular flexibility index (Phi) is 0.783. The summed E-state index contributed by atoms with van der Waals surface area (Å²) in [7, 11) is 0. The molecule has 0 fully saturated rings. The SMILES string of the molecule is [2H]C([2H])([2H])C(=O)NNC1=NC([2H])([2H])C([2H])([2H])NC1([2H])[2H]. The lowest BCUT2D eigenvalue weighted by molar-refractivity contribution is -0.119. The van der Waals surface area contributed by atoms with Crippen LogP contribution in [0.3, 0.4) is 0 Å². The van der Waals surface area contributed by atoms with Gasteiger partial charge in [-0.25, -0.2) is 0 Å². The molecule has 1 rings (SSSR count). The smallest absolute Gasteiger partial charge is 0.235 e. The van der Waals surface area contributed by atoms with Gasteiger partial charge in [0.15, 0.2) is 0 Å². The normalized spacial score (nSPS) is 44.0. The Labute approximate surface area is 77.9 Å². The van der Waals surface area contributed by atoms with Crippen molar-refractivity contribution in [2.24, 2.45) is 4.99 Å². The van der Waals surface area contributed by atoms with Crippen molar-refractivity contribution in [3.63, 3.8) is 0 Å². The topological polar surface area (TPSA) is 65.5 Å². The van der Waals surface area contributed by atoms with Gasteiger partial charge in [-0.05, 0) is 0 Å². The van der Waals surface area contributed by atoms with Gasteiger partial charge in [0.2, 0.25) is 5.91 Å². The summed E-state index contributed by atoms with van der Waals surface area (Å²) in [6.45, 7) is -11.2. The molecule has 0 saturated carbocycles. The van der Waals surface area contributed by atoms with Crippen LogP contribution in [0, 0.1) is 0 Å². The molecule has 5 nitrogen and oxygen atoms in total. The zero-order chi connectivity index (χ0) is 16.0. The largest absolute Gasteiger partial charge is 0.308 e. The van der Waals surface area contributed by atoms with E-state index >= 15 is 0 Å². The maximum absolute atomic E-state index is 11.1. The third-order valence-corrected chi connectivity index (χ3v) is 0.761. The van der Waals surface area contributed by atoms with Gasteiger partial charge in [-0.1, -0.05) is 0 Å². The van der Waals surface area contributed by atoms with E-state index in [4.69, 9.17) is 12.3 Å². The van der Waals surface area contributed by atoms with E-state index in [-0.39, 0.29) is 0 Å². The Hall–Kier alpha value is -1.10. The van der Waals surface area contributed by atoms with Gasteiger partial charge in [-0.2, -0.15) is 0 Å². The second-order valence-electron chi connectivity index (χ2n) is 1.53. The zero-order valence-electron chi connectivity index (χ0n) is 14.4. The molecule has 0 aromatic carbocycles. The highest BCUT2D eigenvalue weighted by atomic mass is 16.2. The molecule has 0 bridgehead atoms. The average molecular weight is 165 g/mol. The molecule has 1 aliphatic rings. The number of aliphatic imine (C=N–C) groups is 1. The fraction of sp³-hybridized carbons (Fsp3) is 0.667. The summed E-state index contributed by atoms with van der Waals surface area (Å²) in [6.07, 6.45) is 0. The fourth-order valence-electron chi connectivity index (χ4n) is 0.405. The van der Waals surface area contributed by atoms with Crippen LogP contribution >= 0.6 is 0 Å². The van der Waals surface area contributed by atoms with E-state index in [0.29, 0.717) is 0 Å². The number of amides is 1. The highest BCUT2D eigenvalue weighted by Gasteiger charge is 2.02. The lowest BCUT2D eigenvalue weighted by Crippen LogP contribution is -2.47. The summed E-state index contributed by atoms with van der Waals surface area (Å²) in [6, 6.07) is 0. The van der Waals surface area contributed by atoms with Crippen LogP contribution in [0.2, 0.25) is 0 Å². The molecule has 11 heavy (non-hydrogen) atoms. The molecule has 1 heterocycles. The molecule has 3 N–H and O–H groups in total. The second kappa shape index (κ2) is 3.92. The van der Waals surface area contributed by atoms with Gasteiger partial charge >= 0.3 is 0 Å². The Morgan fingerprint density at radius 2 is 2.91 bits per heavy atom. The molecule has 1 aliphatic heterocycles. The Bertz CT molecular complexity index is 442. The van der Waals surface area contributed by atoms with Gasteiger partial charge in [0.25, 0.3) is 0 Å². The molecule has 0 unspecified atom stereocenters. The summed E-state index contributed by atoms with van der Waals surface area (Å²) in [5.74, 6) is -2.22. The van der Waals surface area contributed by atoms with Crippen LogP contribution in [0.15, 0.2) is 4.99 Å². The maximum Gasteiger partial charge on any atom is 0.235 e. The van der Waals surface area contributed by atoms with Crippen molar-refractivity contribution in [1.82, 2.24) is 16.2 Å². The first-order valence-corrected chi connectivity index (χ1v) is 2.65. The number of carbonyl (C=O) groups is 1. The molecule has 5 heteroatoms. The van der Waals surface area contributed by atoms with Crippen molar-refractivity contribution < 1.29 is 17.1 Å². The molecular formula is C6H12N4O. The van der Waals surface area contributed by atoms with E-state index in [1.807, 2.05) is 5.43 Å². The van der Waals surface area contributed by atoms with E-state index in [1.54, 1.807) is 10.7 Å². The number of hydrazine groups is 1. The Morgan fingerprint density at radius 3 is 3.73 bits per heavy atom. The molecule has 0 aromatic rings. The Morgan fingerprint density at radius 1 is 2.00 bits per heavy atom. The molecule has 0 spiro atoms. The second-order valence-corrected chi connectivity index (χ2v) is 1.53. The van der Waals surface area contributed by atoms with Gasteiger partial charge in [0, 0.05) is 20.2 Å². The fourth-order valence-corrected chi connectivity index (χ4v) is 0.405. The van der Waals surface area contributed by atoms with E-state index in [2.05, 4.69) is 4.99 Å². The first-order valence-electron chi connectivity index (χ1n) is 7.15. The van der Waals surface area contributed by atoms with Crippen LogP contribution in [0.25, 0.3) is 0 Å². The number of amidine groups is 1. The van der Waals surface area contributed by atoms with Gasteiger partial charge in [-0.15, -0.1) is 0 Å². The molecule has 0 radical (unpaired) electrons. The van der Waals surface area contributed by atoms with Crippen molar-refractivity contribution in [3.05, 3.63) is 0 Å². The van der Waals surface area contributed by atoms with Gasteiger partial charge in [0.1, 0.15) is 5.84 Å². The van der Waals surface area contributed by atoms with Crippen LogP contribution in [-0.4, -0.2) is 31.2 Å². The molecule has 1 amide bonds. The summed E-state index contributed by atoms with van der Waals surface area (Å²) >= 11 is 0. The van der Waals surface area contributed by atoms with Crippen LogP contribution < -0.4 is 16.2 Å². The predicted octanol–water partition coefficient (Wildman–Crippen LogP) is -1.37. The van der Waals surface area contributed by atoms with E-state index in [0.717, 1.165) is 0 Å². The minimum Gasteiger partial charge on any atom is -0.308 e. The monoisotopic (exact) mass is 165 g/mol. The van der Waals surface area contributed by atoms with Gasteiger partial charge in [0.05, 0.1) is 18.5 Å². The number of rotatable bonds is 0. The van der Waals surface area contributed by atoms with Crippen molar-refractivity contribution >= 4 is 11.7 Å². The molecule has 0 aromatic heterocycles. The third-order valence-electron chi connectivity index (χ3n) is 0.761. The summed E-state index contributed by atoms with van der Waals surface area (Å²) < 4.78 is 64.7. The van der Waals surface area contributed by atoms with Crippen LogP contribution in [0.1, 0.15) is 19.2 Å². The van der Waals surface area contributed by atoms with Crippen molar-refractivity contribution in [1.29, 1.82) is 0 Å². The van der Waals surface area contributed by atoms with Gasteiger partial charge < -0.3 is 5.32 Å².